The van der Waals surface area contributed by atoms with Gasteiger partial charge in [0.15, 0.2) is 0 Å². The average Bonchev–Trinajstić information content (AvgIpc) is 2.67. The maximum atomic E-state index is 11.6. The normalized spacial score (nSPS) is 11.7. The number of nitrogens with zero attached hydrogens (tertiary/aromatic N) is 4. The number of hydrogen-bond acceptors (Lipinski definition) is 4. The molecular formula is C14H21N5O. The van der Waals surface area contributed by atoms with Crippen molar-refractivity contribution >= 4 is 5.82 Å². The van der Waals surface area contributed by atoms with E-state index in [1.807, 2.05) is 20.0 Å². The van der Waals surface area contributed by atoms with Gasteiger partial charge in [0.1, 0.15) is 5.82 Å². The van der Waals surface area contributed by atoms with E-state index in [9.17, 15) is 4.79 Å². The van der Waals surface area contributed by atoms with Crippen LogP contribution in [0.2, 0.25) is 0 Å². The van der Waals surface area contributed by atoms with Crippen molar-refractivity contribution in [2.75, 3.05) is 11.9 Å². The highest BCUT2D eigenvalue weighted by atomic mass is 16.1. The second-order valence-electron chi connectivity index (χ2n) is 6.00. The minimum atomic E-state index is -0.176. The largest absolute Gasteiger partial charge is 0.355 e. The van der Waals surface area contributed by atoms with Crippen LogP contribution in [-0.2, 0) is 0 Å². The summed E-state index contributed by atoms with van der Waals surface area (Å²) in [6.45, 7) is 10.1. The lowest BCUT2D eigenvalue weighted by atomic mass is 10.1. The van der Waals surface area contributed by atoms with Crippen LogP contribution in [0.15, 0.2) is 16.9 Å². The molecule has 0 aliphatic rings. The van der Waals surface area contributed by atoms with Gasteiger partial charge in [0.05, 0.1) is 5.69 Å². The van der Waals surface area contributed by atoms with E-state index < -0.39 is 0 Å². The molecule has 0 amide bonds. The van der Waals surface area contributed by atoms with Gasteiger partial charge in [0.25, 0.3) is 5.56 Å². The third-order valence-electron chi connectivity index (χ3n) is 3.22. The van der Waals surface area contributed by atoms with Crippen LogP contribution in [0.1, 0.15) is 32.2 Å². The van der Waals surface area contributed by atoms with Gasteiger partial charge in [-0.3, -0.25) is 9.78 Å². The SMILES string of the molecule is Cc1cc(=O)[nH]c(-n2nc(C)cc2N(C)C(C)(C)C)n1. The first kappa shape index (κ1) is 14.3. The standard InChI is InChI=1S/C14H21N5O/c1-9-7-11(20)16-13(15-9)19-12(8-10(2)17-19)18(6)14(3,4)5/h7-8H,1-6H3,(H,15,16,20). The van der Waals surface area contributed by atoms with E-state index in [2.05, 4.69) is 40.7 Å². The summed E-state index contributed by atoms with van der Waals surface area (Å²) in [5, 5.41) is 4.44. The Hall–Kier alpha value is -2.11. The molecule has 0 spiro atoms. The maximum Gasteiger partial charge on any atom is 0.252 e. The van der Waals surface area contributed by atoms with Crippen molar-refractivity contribution < 1.29 is 0 Å². The molecule has 0 aromatic carbocycles. The Morgan fingerprint density at radius 1 is 1.20 bits per heavy atom. The highest BCUT2D eigenvalue weighted by Gasteiger charge is 2.22. The Morgan fingerprint density at radius 3 is 2.40 bits per heavy atom. The van der Waals surface area contributed by atoms with Gasteiger partial charge in [-0.05, 0) is 34.6 Å². The zero-order valence-corrected chi connectivity index (χ0v) is 12.9. The molecule has 0 radical (unpaired) electrons. The molecule has 0 saturated heterocycles. The Labute approximate surface area is 118 Å². The highest BCUT2D eigenvalue weighted by molar-refractivity contribution is 5.46. The number of anilines is 1. The van der Waals surface area contributed by atoms with Gasteiger partial charge in [-0.1, -0.05) is 0 Å². The third kappa shape index (κ3) is 2.74. The molecule has 6 heteroatoms. The average molecular weight is 275 g/mol. The molecule has 6 nitrogen and oxygen atoms in total. The van der Waals surface area contributed by atoms with Gasteiger partial charge in [-0.15, -0.1) is 0 Å². The first-order valence-corrected chi connectivity index (χ1v) is 6.57. The molecule has 108 valence electrons. The molecule has 0 fully saturated rings. The number of hydrogen-bond donors (Lipinski definition) is 1. The summed E-state index contributed by atoms with van der Waals surface area (Å²) in [6.07, 6.45) is 0. The van der Waals surface area contributed by atoms with E-state index in [0.29, 0.717) is 11.6 Å². The van der Waals surface area contributed by atoms with Gasteiger partial charge in [0, 0.05) is 30.4 Å². The Bertz CT molecular complexity index is 678. The second-order valence-corrected chi connectivity index (χ2v) is 6.00. The zero-order valence-electron chi connectivity index (χ0n) is 12.9. The number of aryl methyl sites for hydroxylation is 2. The first-order valence-electron chi connectivity index (χ1n) is 6.57. The molecule has 0 saturated carbocycles. The quantitative estimate of drug-likeness (QED) is 0.907. The Balaban J connectivity index is 2.60. The molecule has 1 N–H and O–H groups in total. The molecule has 0 aliphatic heterocycles. The van der Waals surface area contributed by atoms with Crippen molar-refractivity contribution in [2.45, 2.75) is 40.2 Å². The van der Waals surface area contributed by atoms with E-state index >= 15 is 0 Å². The summed E-state index contributed by atoms with van der Waals surface area (Å²) >= 11 is 0. The van der Waals surface area contributed by atoms with Crippen LogP contribution in [0.25, 0.3) is 5.95 Å². The summed E-state index contributed by atoms with van der Waals surface area (Å²) < 4.78 is 1.68. The Morgan fingerprint density at radius 2 is 1.85 bits per heavy atom. The fraction of sp³-hybridized carbons (Fsp3) is 0.500. The van der Waals surface area contributed by atoms with Crippen LogP contribution < -0.4 is 10.5 Å². The van der Waals surface area contributed by atoms with Crippen LogP contribution in [0.3, 0.4) is 0 Å². The lowest BCUT2D eigenvalue weighted by molar-refractivity contribution is 0.526. The summed E-state index contributed by atoms with van der Waals surface area (Å²) in [5.41, 5.74) is 1.31. The molecule has 2 rings (SSSR count). The molecule has 0 atom stereocenters. The highest BCUT2D eigenvalue weighted by Crippen LogP contribution is 2.24. The van der Waals surface area contributed by atoms with Crippen molar-refractivity contribution in [1.82, 2.24) is 19.7 Å². The zero-order chi connectivity index (χ0) is 15.1. The van der Waals surface area contributed by atoms with E-state index in [0.717, 1.165) is 11.5 Å². The minimum Gasteiger partial charge on any atom is -0.355 e. The summed E-state index contributed by atoms with van der Waals surface area (Å²) in [6, 6.07) is 3.45. The topological polar surface area (TPSA) is 66.8 Å². The minimum absolute atomic E-state index is 0.0612. The molecule has 0 unspecified atom stereocenters. The monoisotopic (exact) mass is 275 g/mol. The predicted octanol–water partition coefficient (Wildman–Crippen LogP) is 1.81. The molecule has 2 aromatic rings. The lowest BCUT2D eigenvalue weighted by Crippen LogP contribution is -2.39. The first-order chi connectivity index (χ1) is 9.18. The van der Waals surface area contributed by atoms with Crippen LogP contribution in [0.4, 0.5) is 5.82 Å². The van der Waals surface area contributed by atoms with Crippen molar-refractivity contribution in [3.63, 3.8) is 0 Å². The Kier molecular flexibility index (Phi) is 3.41. The van der Waals surface area contributed by atoms with E-state index in [-0.39, 0.29) is 11.1 Å². The summed E-state index contributed by atoms with van der Waals surface area (Å²) in [5.74, 6) is 1.33. The molecule has 2 heterocycles. The van der Waals surface area contributed by atoms with Crippen molar-refractivity contribution in [1.29, 1.82) is 0 Å². The fourth-order valence-electron chi connectivity index (χ4n) is 1.89. The van der Waals surface area contributed by atoms with E-state index in [1.54, 1.807) is 11.6 Å². The van der Waals surface area contributed by atoms with E-state index in [1.165, 1.54) is 6.07 Å². The van der Waals surface area contributed by atoms with E-state index in [4.69, 9.17) is 0 Å². The third-order valence-corrected chi connectivity index (χ3v) is 3.22. The number of nitrogens with one attached hydrogen (secondary N) is 1. The smallest absolute Gasteiger partial charge is 0.252 e. The number of aromatic amines is 1. The second kappa shape index (κ2) is 4.77. The molecule has 20 heavy (non-hydrogen) atoms. The van der Waals surface area contributed by atoms with Gasteiger partial charge < -0.3 is 4.90 Å². The van der Waals surface area contributed by atoms with Crippen LogP contribution in [-0.4, -0.2) is 32.3 Å². The predicted molar refractivity (Wildman–Crippen MR) is 79.6 cm³/mol. The van der Waals surface area contributed by atoms with Crippen LogP contribution in [0, 0.1) is 13.8 Å². The fourth-order valence-corrected chi connectivity index (χ4v) is 1.89. The number of rotatable bonds is 2. The van der Waals surface area contributed by atoms with Gasteiger partial charge >= 0.3 is 0 Å². The van der Waals surface area contributed by atoms with Crippen molar-refractivity contribution in [3.05, 3.63) is 33.9 Å². The molecule has 2 aromatic heterocycles. The summed E-state index contributed by atoms with van der Waals surface area (Å²) in [4.78, 5) is 20.8. The van der Waals surface area contributed by atoms with Crippen LogP contribution >= 0.6 is 0 Å². The molecular weight excluding hydrogens is 254 g/mol. The van der Waals surface area contributed by atoms with Gasteiger partial charge in [-0.2, -0.15) is 9.78 Å². The van der Waals surface area contributed by atoms with Crippen LogP contribution in [0.5, 0.6) is 0 Å². The van der Waals surface area contributed by atoms with Gasteiger partial charge in [0.2, 0.25) is 5.95 Å². The molecule has 0 bridgehead atoms. The van der Waals surface area contributed by atoms with Crippen molar-refractivity contribution in [3.8, 4) is 5.95 Å². The number of aromatic nitrogens is 4. The summed E-state index contributed by atoms with van der Waals surface area (Å²) in [7, 11) is 2.00. The van der Waals surface area contributed by atoms with Crippen molar-refractivity contribution in [2.24, 2.45) is 0 Å². The van der Waals surface area contributed by atoms with Gasteiger partial charge in [-0.25, -0.2) is 4.98 Å². The number of H-pyrrole nitrogens is 1. The molecule has 0 aliphatic carbocycles. The lowest BCUT2D eigenvalue weighted by Gasteiger charge is -2.33. The maximum absolute atomic E-state index is 11.6.